The summed E-state index contributed by atoms with van der Waals surface area (Å²) in [6.45, 7) is 0. The lowest BCUT2D eigenvalue weighted by molar-refractivity contribution is 0.493. The van der Waals surface area contributed by atoms with Crippen LogP contribution in [0.1, 0.15) is 0 Å². The molecule has 1 aliphatic heterocycles. The first-order valence-electron chi connectivity index (χ1n) is 18.7. The number of furan rings is 1. The molecule has 0 radical (unpaired) electrons. The maximum atomic E-state index is 7.18. The van der Waals surface area contributed by atoms with E-state index < -0.39 is 0 Å². The highest BCUT2D eigenvalue weighted by Gasteiger charge is 2.28. The third-order valence-electron chi connectivity index (χ3n) is 10.9. The predicted molar refractivity (Wildman–Crippen MR) is 228 cm³/mol. The van der Waals surface area contributed by atoms with E-state index in [1.807, 2.05) is 12.1 Å². The van der Waals surface area contributed by atoms with E-state index in [2.05, 4.69) is 193 Å². The normalized spacial score (nSPS) is 11.8. The number of anilines is 3. The summed E-state index contributed by atoms with van der Waals surface area (Å²) >= 11 is 0. The Balaban J connectivity index is 1.23. The molecule has 0 N–H and O–H groups in total. The van der Waals surface area contributed by atoms with Crippen molar-refractivity contribution >= 4 is 49.8 Å². The molecule has 0 unspecified atom stereocenters. The maximum Gasteiger partial charge on any atom is 0.143 e. The number of ether oxygens (including phenoxy) is 1. The second kappa shape index (κ2) is 12.6. The summed E-state index contributed by atoms with van der Waals surface area (Å²) in [5.41, 5.74) is 13.8. The molecule has 0 saturated carbocycles. The fourth-order valence-electron chi connectivity index (χ4n) is 8.39. The lowest BCUT2D eigenvalue weighted by atomic mass is 9.91. The average Bonchev–Trinajstić information content (AvgIpc) is 3.58. The fourth-order valence-corrected chi connectivity index (χ4v) is 8.39. The lowest BCUT2D eigenvalue weighted by Gasteiger charge is -2.30. The number of fused-ring (bicyclic) bond motifs is 10. The highest BCUT2D eigenvalue weighted by atomic mass is 16.5. The summed E-state index contributed by atoms with van der Waals surface area (Å²) in [6.07, 6.45) is 0. The van der Waals surface area contributed by atoms with E-state index in [0.717, 1.165) is 106 Å². The molecule has 3 heteroatoms. The first-order valence-corrected chi connectivity index (χ1v) is 18.7. The van der Waals surface area contributed by atoms with Crippen molar-refractivity contribution in [3.05, 3.63) is 200 Å². The van der Waals surface area contributed by atoms with Crippen molar-refractivity contribution in [1.82, 2.24) is 0 Å². The molecular weight excluding hydrogens is 671 g/mol. The first kappa shape index (κ1) is 31.2. The number of benzene rings is 9. The Morgan fingerprint density at radius 1 is 0.327 bits per heavy atom. The number of para-hydroxylation sites is 2. The van der Waals surface area contributed by atoms with Crippen molar-refractivity contribution < 1.29 is 9.15 Å². The standard InChI is InChI=1S/C52H33NO2/c1-3-16-34(17-4-1)36-30-31-41-38-21-7-8-22-39(38)44-33-47(40-23-9-10-24-42(40)52(44)55-50(41)32-36)53(45-26-13-11-20-37(45)35-18-5-2-6-19-35)46-27-15-29-49-51(46)43-25-12-14-28-48(43)54-49/h1-33H. The molecule has 0 aliphatic carbocycles. The van der Waals surface area contributed by atoms with Gasteiger partial charge in [-0.15, -0.1) is 0 Å². The van der Waals surface area contributed by atoms with Gasteiger partial charge in [0.2, 0.25) is 0 Å². The minimum absolute atomic E-state index is 0.839. The highest BCUT2D eigenvalue weighted by Crippen LogP contribution is 2.55. The van der Waals surface area contributed by atoms with Gasteiger partial charge in [0.15, 0.2) is 0 Å². The van der Waals surface area contributed by atoms with Crippen molar-refractivity contribution in [1.29, 1.82) is 0 Å². The summed E-state index contributed by atoms with van der Waals surface area (Å²) in [4.78, 5) is 2.43. The van der Waals surface area contributed by atoms with Gasteiger partial charge in [-0.25, -0.2) is 0 Å². The largest absolute Gasteiger partial charge is 0.456 e. The molecule has 0 fully saturated rings. The van der Waals surface area contributed by atoms with Gasteiger partial charge in [0.25, 0.3) is 0 Å². The minimum atomic E-state index is 0.839. The van der Waals surface area contributed by atoms with Crippen LogP contribution >= 0.6 is 0 Å². The van der Waals surface area contributed by atoms with Crippen molar-refractivity contribution in [2.75, 3.05) is 4.90 Å². The zero-order valence-electron chi connectivity index (χ0n) is 29.8. The summed E-state index contributed by atoms with van der Waals surface area (Å²) < 4.78 is 13.7. The third-order valence-corrected chi connectivity index (χ3v) is 10.9. The van der Waals surface area contributed by atoms with Crippen LogP contribution in [0.15, 0.2) is 205 Å². The molecule has 3 nitrogen and oxygen atoms in total. The topological polar surface area (TPSA) is 25.6 Å². The molecule has 2 heterocycles. The molecule has 10 aromatic rings. The summed E-state index contributed by atoms with van der Waals surface area (Å²) in [6, 6.07) is 70.8. The average molecular weight is 704 g/mol. The van der Waals surface area contributed by atoms with E-state index >= 15 is 0 Å². The summed E-state index contributed by atoms with van der Waals surface area (Å²) in [5, 5.41) is 4.26. The first-order chi connectivity index (χ1) is 27.3. The van der Waals surface area contributed by atoms with Crippen LogP contribution in [0.5, 0.6) is 11.5 Å². The van der Waals surface area contributed by atoms with Crippen LogP contribution in [0.2, 0.25) is 0 Å². The van der Waals surface area contributed by atoms with Crippen LogP contribution in [0.3, 0.4) is 0 Å². The van der Waals surface area contributed by atoms with Crippen molar-refractivity contribution in [3.63, 3.8) is 0 Å². The fraction of sp³-hybridized carbons (Fsp3) is 0. The molecule has 55 heavy (non-hydrogen) atoms. The Bertz CT molecular complexity index is 3070. The number of hydrogen-bond donors (Lipinski definition) is 0. The summed E-state index contributed by atoms with van der Waals surface area (Å²) in [7, 11) is 0. The van der Waals surface area contributed by atoms with E-state index in [0.29, 0.717) is 0 Å². The van der Waals surface area contributed by atoms with Gasteiger partial charge >= 0.3 is 0 Å². The molecule has 0 atom stereocenters. The zero-order valence-corrected chi connectivity index (χ0v) is 29.8. The minimum Gasteiger partial charge on any atom is -0.456 e. The molecule has 11 rings (SSSR count). The molecule has 9 aromatic carbocycles. The van der Waals surface area contributed by atoms with Gasteiger partial charge in [-0.1, -0.05) is 158 Å². The van der Waals surface area contributed by atoms with Crippen molar-refractivity contribution in [2.45, 2.75) is 0 Å². The lowest BCUT2D eigenvalue weighted by Crippen LogP contribution is -2.12. The Kier molecular flexibility index (Phi) is 7.17. The number of rotatable bonds is 5. The molecule has 0 spiro atoms. The monoisotopic (exact) mass is 703 g/mol. The maximum absolute atomic E-state index is 7.18. The molecule has 1 aliphatic rings. The highest BCUT2D eigenvalue weighted by molar-refractivity contribution is 6.16. The molecule has 0 saturated heterocycles. The molecular formula is C52H33NO2. The van der Waals surface area contributed by atoms with Gasteiger partial charge in [0, 0.05) is 32.8 Å². The van der Waals surface area contributed by atoms with E-state index in [1.165, 1.54) is 0 Å². The zero-order chi connectivity index (χ0) is 36.3. The van der Waals surface area contributed by atoms with Gasteiger partial charge in [0.1, 0.15) is 22.7 Å². The quantitative estimate of drug-likeness (QED) is 0.178. The smallest absolute Gasteiger partial charge is 0.143 e. The molecule has 0 bridgehead atoms. The van der Waals surface area contributed by atoms with Crippen LogP contribution in [0, 0.1) is 0 Å². The van der Waals surface area contributed by atoms with Gasteiger partial charge < -0.3 is 14.1 Å². The van der Waals surface area contributed by atoms with E-state index in [9.17, 15) is 0 Å². The second-order valence-corrected chi connectivity index (χ2v) is 14.0. The van der Waals surface area contributed by atoms with Gasteiger partial charge in [-0.3, -0.25) is 0 Å². The Labute approximate surface area is 318 Å². The van der Waals surface area contributed by atoms with Crippen molar-refractivity contribution in [2.24, 2.45) is 0 Å². The van der Waals surface area contributed by atoms with Crippen LogP contribution in [0.4, 0.5) is 17.1 Å². The third kappa shape index (κ3) is 5.05. The Morgan fingerprint density at radius 2 is 0.927 bits per heavy atom. The van der Waals surface area contributed by atoms with Gasteiger partial charge in [0.05, 0.1) is 22.4 Å². The predicted octanol–water partition coefficient (Wildman–Crippen LogP) is 15.0. The van der Waals surface area contributed by atoms with Crippen molar-refractivity contribution in [3.8, 4) is 56.0 Å². The SMILES string of the molecule is c1ccc(-c2ccc3c(c2)Oc2c(cc(N(c4ccccc4-c4ccccc4)c4cccc5oc6ccccc6c45)c4ccccc24)-c2ccccc2-3)cc1. The molecule has 0 amide bonds. The van der Waals surface area contributed by atoms with E-state index in [1.54, 1.807) is 0 Å². The van der Waals surface area contributed by atoms with Crippen LogP contribution in [0.25, 0.3) is 77.2 Å². The van der Waals surface area contributed by atoms with E-state index in [4.69, 9.17) is 9.15 Å². The second-order valence-electron chi connectivity index (χ2n) is 14.0. The van der Waals surface area contributed by atoms with Crippen LogP contribution in [-0.2, 0) is 0 Å². The summed E-state index contributed by atoms with van der Waals surface area (Å²) in [5.74, 6) is 1.69. The Hall–Kier alpha value is -7.36. The number of nitrogens with zero attached hydrogens (tertiary/aromatic N) is 1. The Morgan fingerprint density at radius 3 is 1.73 bits per heavy atom. The number of hydrogen-bond acceptors (Lipinski definition) is 3. The van der Waals surface area contributed by atoms with Crippen LogP contribution < -0.4 is 9.64 Å². The van der Waals surface area contributed by atoms with E-state index in [-0.39, 0.29) is 0 Å². The molecule has 1 aromatic heterocycles. The van der Waals surface area contributed by atoms with Gasteiger partial charge in [-0.2, -0.15) is 0 Å². The molecule has 258 valence electrons. The van der Waals surface area contributed by atoms with Gasteiger partial charge in [-0.05, 0) is 70.3 Å². The van der Waals surface area contributed by atoms with Crippen LogP contribution in [-0.4, -0.2) is 0 Å².